The maximum absolute atomic E-state index is 11.4. The van der Waals surface area contributed by atoms with Crippen LogP contribution in [0.4, 0.5) is 4.79 Å². The first-order chi connectivity index (χ1) is 7.72. The van der Waals surface area contributed by atoms with Crippen LogP contribution in [0.25, 0.3) is 0 Å². The van der Waals surface area contributed by atoms with Gasteiger partial charge >= 0.3 is 6.03 Å². The van der Waals surface area contributed by atoms with E-state index in [9.17, 15) is 4.79 Å². The predicted molar refractivity (Wildman–Crippen MR) is 66.3 cm³/mol. The van der Waals surface area contributed by atoms with Gasteiger partial charge in [-0.25, -0.2) is 4.79 Å². The molecule has 0 aromatic heterocycles. The van der Waals surface area contributed by atoms with Crippen LogP contribution in [-0.4, -0.2) is 12.6 Å². The van der Waals surface area contributed by atoms with Crippen LogP contribution in [0.2, 0.25) is 0 Å². The smallest absolute Gasteiger partial charge is 0.315 e. The lowest BCUT2D eigenvalue weighted by Gasteiger charge is -2.07. The van der Waals surface area contributed by atoms with Crippen molar-refractivity contribution in [1.29, 1.82) is 0 Å². The van der Waals surface area contributed by atoms with E-state index in [1.807, 2.05) is 25.1 Å². The fourth-order valence-electron chi connectivity index (χ4n) is 1.45. The Labute approximate surface area is 97.2 Å². The monoisotopic (exact) mass is 220 g/mol. The Morgan fingerprint density at radius 1 is 1.31 bits per heavy atom. The number of carbonyl (C=O) groups is 1. The van der Waals surface area contributed by atoms with E-state index >= 15 is 0 Å². The van der Waals surface area contributed by atoms with Gasteiger partial charge in [0.05, 0.1) is 0 Å². The van der Waals surface area contributed by atoms with Crippen LogP contribution in [0.15, 0.2) is 24.3 Å². The van der Waals surface area contributed by atoms with E-state index in [-0.39, 0.29) is 6.03 Å². The van der Waals surface area contributed by atoms with Crippen molar-refractivity contribution in [2.75, 3.05) is 6.54 Å². The molecular formula is C13H20N2O. The van der Waals surface area contributed by atoms with Crippen LogP contribution in [0.3, 0.4) is 0 Å². The number of hydrogen-bond donors (Lipinski definition) is 2. The molecule has 0 atom stereocenters. The molecule has 0 saturated heterocycles. The SMILES string of the molecule is CCCCNC(=O)NCc1cccc(C)c1. The summed E-state index contributed by atoms with van der Waals surface area (Å²) in [7, 11) is 0. The Bertz CT molecular complexity index is 336. The molecule has 0 radical (unpaired) electrons. The molecule has 0 spiro atoms. The van der Waals surface area contributed by atoms with Gasteiger partial charge in [0.15, 0.2) is 0 Å². The molecule has 1 rings (SSSR count). The van der Waals surface area contributed by atoms with Gasteiger partial charge in [-0.1, -0.05) is 43.2 Å². The number of rotatable bonds is 5. The van der Waals surface area contributed by atoms with E-state index in [1.54, 1.807) is 0 Å². The minimum Gasteiger partial charge on any atom is -0.338 e. The molecule has 1 aromatic rings. The lowest BCUT2D eigenvalue weighted by Crippen LogP contribution is -2.35. The fraction of sp³-hybridized carbons (Fsp3) is 0.462. The zero-order valence-electron chi connectivity index (χ0n) is 10.0. The molecule has 0 unspecified atom stereocenters. The van der Waals surface area contributed by atoms with Gasteiger partial charge in [0.1, 0.15) is 0 Å². The van der Waals surface area contributed by atoms with Gasteiger partial charge in [0.25, 0.3) is 0 Å². The zero-order chi connectivity index (χ0) is 11.8. The average Bonchev–Trinajstić information content (AvgIpc) is 2.27. The molecule has 0 fully saturated rings. The summed E-state index contributed by atoms with van der Waals surface area (Å²) in [5.41, 5.74) is 2.34. The number of hydrogen-bond acceptors (Lipinski definition) is 1. The maximum Gasteiger partial charge on any atom is 0.315 e. The lowest BCUT2D eigenvalue weighted by atomic mass is 10.1. The Hall–Kier alpha value is -1.51. The number of unbranched alkanes of at least 4 members (excludes halogenated alkanes) is 1. The Morgan fingerprint density at radius 3 is 2.81 bits per heavy atom. The van der Waals surface area contributed by atoms with Crippen molar-refractivity contribution in [3.63, 3.8) is 0 Å². The third kappa shape index (κ3) is 4.82. The van der Waals surface area contributed by atoms with Gasteiger partial charge in [-0.2, -0.15) is 0 Å². The van der Waals surface area contributed by atoms with Crippen LogP contribution in [0.1, 0.15) is 30.9 Å². The molecule has 0 saturated carbocycles. The molecule has 3 heteroatoms. The third-order valence-electron chi connectivity index (χ3n) is 2.35. The van der Waals surface area contributed by atoms with Crippen molar-refractivity contribution in [2.45, 2.75) is 33.2 Å². The largest absolute Gasteiger partial charge is 0.338 e. The number of aryl methyl sites for hydroxylation is 1. The van der Waals surface area contributed by atoms with Crippen LogP contribution in [0, 0.1) is 6.92 Å². The average molecular weight is 220 g/mol. The highest BCUT2D eigenvalue weighted by atomic mass is 16.2. The zero-order valence-corrected chi connectivity index (χ0v) is 10.0. The summed E-state index contributed by atoms with van der Waals surface area (Å²) in [4.78, 5) is 11.4. The molecule has 0 aliphatic heterocycles. The highest BCUT2D eigenvalue weighted by Gasteiger charge is 1.99. The highest BCUT2D eigenvalue weighted by molar-refractivity contribution is 5.73. The summed E-state index contributed by atoms with van der Waals surface area (Å²) < 4.78 is 0. The first-order valence-electron chi connectivity index (χ1n) is 5.79. The van der Waals surface area contributed by atoms with Crippen LogP contribution < -0.4 is 10.6 Å². The summed E-state index contributed by atoms with van der Waals surface area (Å²) in [6.45, 7) is 5.48. The number of nitrogens with one attached hydrogen (secondary N) is 2. The van der Waals surface area contributed by atoms with Crippen molar-refractivity contribution >= 4 is 6.03 Å². The van der Waals surface area contributed by atoms with Gasteiger partial charge < -0.3 is 10.6 Å². The quantitative estimate of drug-likeness (QED) is 0.736. The van der Waals surface area contributed by atoms with Gasteiger partial charge in [-0.15, -0.1) is 0 Å². The van der Waals surface area contributed by atoms with Gasteiger partial charge in [0, 0.05) is 13.1 Å². The fourth-order valence-corrected chi connectivity index (χ4v) is 1.45. The third-order valence-corrected chi connectivity index (χ3v) is 2.35. The molecule has 0 aliphatic rings. The van der Waals surface area contributed by atoms with E-state index in [0.717, 1.165) is 24.9 Å². The minimum atomic E-state index is -0.0880. The number of benzene rings is 1. The molecule has 0 bridgehead atoms. The minimum absolute atomic E-state index is 0.0880. The Morgan fingerprint density at radius 2 is 2.12 bits per heavy atom. The van der Waals surface area contributed by atoms with E-state index in [1.165, 1.54) is 5.56 Å². The molecule has 0 aliphatic carbocycles. The summed E-state index contributed by atoms with van der Waals surface area (Å²) in [5, 5.41) is 5.65. The van der Waals surface area contributed by atoms with Crippen LogP contribution in [-0.2, 0) is 6.54 Å². The summed E-state index contributed by atoms with van der Waals surface area (Å²) in [5.74, 6) is 0. The lowest BCUT2D eigenvalue weighted by molar-refractivity contribution is 0.240. The normalized spacial score (nSPS) is 9.88. The van der Waals surface area contributed by atoms with Crippen molar-refractivity contribution in [3.05, 3.63) is 35.4 Å². The molecule has 2 amide bonds. The molecule has 3 nitrogen and oxygen atoms in total. The Kier molecular flexibility index (Phi) is 5.40. The molecule has 2 N–H and O–H groups in total. The van der Waals surface area contributed by atoms with Crippen molar-refractivity contribution in [2.24, 2.45) is 0 Å². The highest BCUT2D eigenvalue weighted by Crippen LogP contribution is 2.02. The number of urea groups is 1. The van der Waals surface area contributed by atoms with E-state index < -0.39 is 0 Å². The first kappa shape index (κ1) is 12.6. The van der Waals surface area contributed by atoms with E-state index in [0.29, 0.717) is 6.54 Å². The van der Waals surface area contributed by atoms with Gasteiger partial charge in [0.2, 0.25) is 0 Å². The van der Waals surface area contributed by atoms with E-state index in [2.05, 4.69) is 23.6 Å². The van der Waals surface area contributed by atoms with Gasteiger partial charge in [-0.3, -0.25) is 0 Å². The topological polar surface area (TPSA) is 41.1 Å². The van der Waals surface area contributed by atoms with Crippen molar-refractivity contribution in [1.82, 2.24) is 10.6 Å². The predicted octanol–water partition coefficient (Wildman–Crippen LogP) is 2.59. The van der Waals surface area contributed by atoms with Crippen LogP contribution >= 0.6 is 0 Å². The summed E-state index contributed by atoms with van der Waals surface area (Å²) in [6.07, 6.45) is 2.12. The van der Waals surface area contributed by atoms with E-state index in [4.69, 9.17) is 0 Å². The first-order valence-corrected chi connectivity index (χ1v) is 5.79. The number of amides is 2. The van der Waals surface area contributed by atoms with Crippen LogP contribution in [0.5, 0.6) is 0 Å². The molecule has 16 heavy (non-hydrogen) atoms. The second-order valence-electron chi connectivity index (χ2n) is 3.95. The van der Waals surface area contributed by atoms with Gasteiger partial charge in [-0.05, 0) is 18.9 Å². The second-order valence-corrected chi connectivity index (χ2v) is 3.95. The number of carbonyl (C=O) groups excluding carboxylic acids is 1. The molecular weight excluding hydrogens is 200 g/mol. The van der Waals surface area contributed by atoms with Crippen molar-refractivity contribution < 1.29 is 4.79 Å². The standard InChI is InChI=1S/C13H20N2O/c1-3-4-8-14-13(16)15-10-12-7-5-6-11(2)9-12/h5-7,9H,3-4,8,10H2,1-2H3,(H2,14,15,16). The summed E-state index contributed by atoms with van der Waals surface area (Å²) in [6, 6.07) is 8.05. The second kappa shape index (κ2) is 6.88. The Balaban J connectivity index is 2.26. The molecule has 1 aromatic carbocycles. The molecule has 88 valence electrons. The van der Waals surface area contributed by atoms with Crippen molar-refractivity contribution in [3.8, 4) is 0 Å². The molecule has 0 heterocycles. The summed E-state index contributed by atoms with van der Waals surface area (Å²) >= 11 is 0. The maximum atomic E-state index is 11.4.